The summed E-state index contributed by atoms with van der Waals surface area (Å²) in [4.78, 5) is 2.62. The lowest BCUT2D eigenvalue weighted by Gasteiger charge is -2.32. The molecule has 2 nitrogen and oxygen atoms in total. The Balaban J connectivity index is 1.85. The second-order valence-electron chi connectivity index (χ2n) is 6.19. The van der Waals surface area contributed by atoms with Crippen LogP contribution in [-0.2, 0) is 0 Å². The molecule has 0 aromatic carbocycles. The predicted octanol–water partition coefficient (Wildman–Crippen LogP) is 4.20. The van der Waals surface area contributed by atoms with Crippen molar-refractivity contribution in [2.75, 3.05) is 26.2 Å². The van der Waals surface area contributed by atoms with Gasteiger partial charge in [-0.2, -0.15) is 0 Å². The van der Waals surface area contributed by atoms with Gasteiger partial charge in [-0.15, -0.1) is 0 Å². The molecule has 0 aliphatic carbocycles. The zero-order valence-electron chi connectivity index (χ0n) is 13.4. The van der Waals surface area contributed by atoms with E-state index in [9.17, 15) is 0 Å². The van der Waals surface area contributed by atoms with E-state index in [1.807, 2.05) is 0 Å². The van der Waals surface area contributed by atoms with Gasteiger partial charge in [-0.3, -0.25) is 0 Å². The van der Waals surface area contributed by atoms with Crippen LogP contribution in [0.15, 0.2) is 0 Å². The van der Waals surface area contributed by atoms with Gasteiger partial charge in [-0.25, -0.2) is 0 Å². The van der Waals surface area contributed by atoms with Gasteiger partial charge in [-0.1, -0.05) is 52.4 Å². The van der Waals surface area contributed by atoms with Crippen LogP contribution in [0.3, 0.4) is 0 Å². The second kappa shape index (κ2) is 11.7. The van der Waals surface area contributed by atoms with Crippen LogP contribution >= 0.6 is 0 Å². The number of likely N-dealkylation sites (tertiary alicyclic amines) is 1. The van der Waals surface area contributed by atoms with E-state index in [4.69, 9.17) is 0 Å². The smallest absolute Gasteiger partial charge is 0.00914 e. The Bertz CT molecular complexity index is 186. The molecule has 1 rings (SSSR count). The Labute approximate surface area is 121 Å². The molecule has 0 radical (unpaired) electrons. The molecule has 1 saturated heterocycles. The highest BCUT2D eigenvalue weighted by molar-refractivity contribution is 4.76. The molecule has 0 aromatic heterocycles. The van der Waals surface area contributed by atoms with Crippen molar-refractivity contribution < 1.29 is 0 Å². The largest absolute Gasteiger partial charge is 0.314 e. The molecule has 0 atom stereocenters. The molecule has 0 amide bonds. The summed E-state index contributed by atoms with van der Waals surface area (Å²) >= 11 is 0. The summed E-state index contributed by atoms with van der Waals surface area (Å²) in [5, 5.41) is 3.76. The van der Waals surface area contributed by atoms with Crippen molar-refractivity contribution in [1.29, 1.82) is 0 Å². The highest BCUT2D eigenvalue weighted by atomic mass is 15.1. The van der Waals surface area contributed by atoms with E-state index in [-0.39, 0.29) is 0 Å². The van der Waals surface area contributed by atoms with Crippen molar-refractivity contribution in [3.63, 3.8) is 0 Å². The quantitative estimate of drug-likeness (QED) is 0.565. The maximum absolute atomic E-state index is 3.76. The van der Waals surface area contributed by atoms with Crippen LogP contribution in [0, 0.1) is 0 Å². The predicted molar refractivity (Wildman–Crippen MR) is 85.7 cm³/mol. The number of nitrogens with zero attached hydrogens (tertiary/aromatic N) is 1. The first-order valence-electron chi connectivity index (χ1n) is 8.82. The fourth-order valence-electron chi connectivity index (χ4n) is 3.07. The van der Waals surface area contributed by atoms with E-state index < -0.39 is 0 Å². The minimum Gasteiger partial charge on any atom is -0.314 e. The molecule has 1 aliphatic rings. The average molecular weight is 268 g/mol. The number of rotatable bonds is 11. The molecule has 2 heteroatoms. The van der Waals surface area contributed by atoms with Gasteiger partial charge >= 0.3 is 0 Å². The van der Waals surface area contributed by atoms with Crippen molar-refractivity contribution in [3.05, 3.63) is 0 Å². The SMILES string of the molecule is CCCCCCCCCNC1CCN(CCC)CC1. The van der Waals surface area contributed by atoms with Gasteiger partial charge < -0.3 is 10.2 Å². The fourth-order valence-corrected chi connectivity index (χ4v) is 3.07. The summed E-state index contributed by atoms with van der Waals surface area (Å²) in [5.41, 5.74) is 0. The Hall–Kier alpha value is -0.0800. The molecule has 0 bridgehead atoms. The van der Waals surface area contributed by atoms with Gasteiger partial charge in [0.1, 0.15) is 0 Å². The third-order valence-electron chi connectivity index (χ3n) is 4.34. The van der Waals surface area contributed by atoms with Crippen molar-refractivity contribution in [2.24, 2.45) is 0 Å². The van der Waals surface area contributed by atoms with Crippen molar-refractivity contribution >= 4 is 0 Å². The molecule has 1 fully saturated rings. The van der Waals surface area contributed by atoms with Crippen LogP contribution in [0.25, 0.3) is 0 Å². The molecule has 1 N–H and O–H groups in total. The van der Waals surface area contributed by atoms with E-state index >= 15 is 0 Å². The number of unbranched alkanes of at least 4 members (excludes halogenated alkanes) is 6. The minimum atomic E-state index is 0.799. The maximum Gasteiger partial charge on any atom is 0.00914 e. The van der Waals surface area contributed by atoms with Crippen molar-refractivity contribution in [1.82, 2.24) is 10.2 Å². The topological polar surface area (TPSA) is 15.3 Å². The molecular weight excluding hydrogens is 232 g/mol. The van der Waals surface area contributed by atoms with Gasteiger partial charge in [0.25, 0.3) is 0 Å². The Kier molecular flexibility index (Phi) is 10.5. The van der Waals surface area contributed by atoms with Crippen LogP contribution in [0.5, 0.6) is 0 Å². The molecule has 114 valence electrons. The van der Waals surface area contributed by atoms with Gasteiger partial charge in [0.05, 0.1) is 0 Å². The summed E-state index contributed by atoms with van der Waals surface area (Å²) in [6, 6.07) is 0.799. The minimum absolute atomic E-state index is 0.799. The lowest BCUT2D eigenvalue weighted by Crippen LogP contribution is -2.42. The van der Waals surface area contributed by atoms with E-state index in [1.54, 1.807) is 0 Å². The molecule has 1 heterocycles. The van der Waals surface area contributed by atoms with Gasteiger partial charge in [0, 0.05) is 6.04 Å². The van der Waals surface area contributed by atoms with Gasteiger partial charge in [0.2, 0.25) is 0 Å². The molecule has 19 heavy (non-hydrogen) atoms. The summed E-state index contributed by atoms with van der Waals surface area (Å²) < 4.78 is 0. The monoisotopic (exact) mass is 268 g/mol. The summed E-state index contributed by atoms with van der Waals surface area (Å²) in [5.74, 6) is 0. The molecule has 0 unspecified atom stereocenters. The highest BCUT2D eigenvalue weighted by Gasteiger charge is 2.17. The van der Waals surface area contributed by atoms with Crippen LogP contribution in [0.2, 0.25) is 0 Å². The molecule has 0 saturated carbocycles. The fraction of sp³-hybridized carbons (Fsp3) is 1.00. The number of hydrogen-bond donors (Lipinski definition) is 1. The Morgan fingerprint density at radius 1 is 0.842 bits per heavy atom. The van der Waals surface area contributed by atoms with E-state index in [1.165, 1.54) is 90.4 Å². The summed E-state index contributed by atoms with van der Waals surface area (Å²) in [7, 11) is 0. The van der Waals surface area contributed by atoms with E-state index in [2.05, 4.69) is 24.1 Å². The van der Waals surface area contributed by atoms with Crippen LogP contribution in [0.4, 0.5) is 0 Å². The lowest BCUT2D eigenvalue weighted by molar-refractivity contribution is 0.198. The van der Waals surface area contributed by atoms with Crippen molar-refractivity contribution in [3.8, 4) is 0 Å². The zero-order valence-corrected chi connectivity index (χ0v) is 13.4. The first kappa shape index (κ1) is 17.0. The number of nitrogens with one attached hydrogen (secondary N) is 1. The highest BCUT2D eigenvalue weighted by Crippen LogP contribution is 2.11. The van der Waals surface area contributed by atoms with Crippen LogP contribution in [-0.4, -0.2) is 37.1 Å². The Morgan fingerprint density at radius 3 is 2.11 bits per heavy atom. The molecule has 1 aliphatic heterocycles. The van der Waals surface area contributed by atoms with Crippen LogP contribution < -0.4 is 5.32 Å². The third kappa shape index (κ3) is 8.65. The number of hydrogen-bond acceptors (Lipinski definition) is 2. The zero-order chi connectivity index (χ0) is 13.8. The van der Waals surface area contributed by atoms with E-state index in [0.717, 1.165) is 6.04 Å². The molecular formula is C17H36N2. The van der Waals surface area contributed by atoms with Gasteiger partial charge in [0.15, 0.2) is 0 Å². The second-order valence-corrected chi connectivity index (χ2v) is 6.19. The third-order valence-corrected chi connectivity index (χ3v) is 4.34. The number of piperidine rings is 1. The van der Waals surface area contributed by atoms with Crippen LogP contribution in [0.1, 0.15) is 78.1 Å². The normalized spacial score (nSPS) is 18.0. The van der Waals surface area contributed by atoms with Crippen molar-refractivity contribution in [2.45, 2.75) is 84.1 Å². The first-order valence-corrected chi connectivity index (χ1v) is 8.82. The summed E-state index contributed by atoms with van der Waals surface area (Å²) in [6.45, 7) is 9.72. The lowest BCUT2D eigenvalue weighted by atomic mass is 10.0. The average Bonchev–Trinajstić information content (AvgIpc) is 2.44. The summed E-state index contributed by atoms with van der Waals surface area (Å²) in [6.07, 6.45) is 13.9. The standard InChI is InChI=1S/C17H36N2/c1-3-5-6-7-8-9-10-13-18-17-11-15-19(14-4-2)16-12-17/h17-18H,3-16H2,1-2H3. The maximum atomic E-state index is 3.76. The molecule has 0 spiro atoms. The molecule has 0 aromatic rings. The first-order chi connectivity index (χ1) is 9.36. The van der Waals surface area contributed by atoms with Gasteiger partial charge in [-0.05, 0) is 51.9 Å². The van der Waals surface area contributed by atoms with E-state index in [0.29, 0.717) is 0 Å². The Morgan fingerprint density at radius 2 is 1.47 bits per heavy atom.